The second kappa shape index (κ2) is 8.14. The number of hydrogen-bond acceptors (Lipinski definition) is 5. The van der Waals surface area contributed by atoms with Crippen molar-refractivity contribution in [2.24, 2.45) is 0 Å². The molecule has 2 aromatic rings. The Bertz CT molecular complexity index is 789. The molecule has 0 aliphatic carbocycles. The number of nitrogens with zero attached hydrogens (tertiary/aromatic N) is 1. The lowest BCUT2D eigenvalue weighted by atomic mass is 10.1. The second-order valence-electron chi connectivity index (χ2n) is 5.26. The highest BCUT2D eigenvalue weighted by molar-refractivity contribution is 6.05. The zero-order chi connectivity index (χ0) is 18.4. The molecule has 0 aromatic heterocycles. The third-order valence-electron chi connectivity index (χ3n) is 3.40. The summed E-state index contributed by atoms with van der Waals surface area (Å²) in [7, 11) is 0. The van der Waals surface area contributed by atoms with Crippen molar-refractivity contribution >= 4 is 17.3 Å². The van der Waals surface area contributed by atoms with E-state index in [4.69, 9.17) is 9.47 Å². The van der Waals surface area contributed by atoms with Crippen molar-refractivity contribution < 1.29 is 19.2 Å². The summed E-state index contributed by atoms with van der Waals surface area (Å²) < 4.78 is 11.0. The molecule has 7 nitrogen and oxygen atoms in total. The highest BCUT2D eigenvalue weighted by atomic mass is 16.6. The molecule has 1 amide bonds. The number of ether oxygens (including phenoxy) is 2. The van der Waals surface area contributed by atoms with Gasteiger partial charge >= 0.3 is 0 Å². The highest BCUT2D eigenvalue weighted by Gasteiger charge is 2.18. The molecule has 2 aromatic carbocycles. The van der Waals surface area contributed by atoms with Crippen LogP contribution in [0, 0.1) is 17.0 Å². The Morgan fingerprint density at radius 3 is 2.40 bits per heavy atom. The van der Waals surface area contributed by atoms with E-state index >= 15 is 0 Å². The van der Waals surface area contributed by atoms with Gasteiger partial charge in [-0.1, -0.05) is 6.07 Å². The Morgan fingerprint density at radius 2 is 1.76 bits per heavy atom. The molecule has 0 aliphatic heterocycles. The Morgan fingerprint density at radius 1 is 1.08 bits per heavy atom. The monoisotopic (exact) mass is 344 g/mol. The first-order chi connectivity index (χ1) is 12.0. The standard InChI is InChI=1S/C18H20N2O5/c1-4-24-16-9-7-13(11-17(16)25-5-2)18(21)19-14-8-6-12(3)10-15(14)20(22)23/h6-11H,4-5H2,1-3H3,(H,19,21). The molecule has 0 atom stereocenters. The average molecular weight is 344 g/mol. The van der Waals surface area contributed by atoms with E-state index in [0.717, 1.165) is 5.56 Å². The topological polar surface area (TPSA) is 90.7 Å². The number of carbonyl (C=O) groups is 1. The zero-order valence-corrected chi connectivity index (χ0v) is 14.4. The normalized spacial score (nSPS) is 10.2. The number of carbonyl (C=O) groups excluding carboxylic acids is 1. The fourth-order valence-corrected chi connectivity index (χ4v) is 2.29. The second-order valence-corrected chi connectivity index (χ2v) is 5.26. The first kappa shape index (κ1) is 18.3. The Balaban J connectivity index is 2.29. The van der Waals surface area contributed by atoms with E-state index in [2.05, 4.69) is 5.32 Å². The van der Waals surface area contributed by atoms with Gasteiger partial charge in [-0.25, -0.2) is 0 Å². The number of amides is 1. The smallest absolute Gasteiger partial charge is 0.293 e. The third kappa shape index (κ3) is 4.47. The molecular weight excluding hydrogens is 324 g/mol. The Hall–Kier alpha value is -3.09. The predicted molar refractivity (Wildman–Crippen MR) is 94.6 cm³/mol. The van der Waals surface area contributed by atoms with Gasteiger partial charge in [-0.15, -0.1) is 0 Å². The van der Waals surface area contributed by atoms with Crippen molar-refractivity contribution in [3.63, 3.8) is 0 Å². The molecule has 0 fully saturated rings. The lowest BCUT2D eigenvalue weighted by Crippen LogP contribution is -2.13. The minimum atomic E-state index is -0.521. The highest BCUT2D eigenvalue weighted by Crippen LogP contribution is 2.30. The molecule has 0 heterocycles. The van der Waals surface area contributed by atoms with Crippen LogP contribution in [0.15, 0.2) is 36.4 Å². The van der Waals surface area contributed by atoms with Gasteiger partial charge in [0.2, 0.25) is 0 Å². The lowest BCUT2D eigenvalue weighted by Gasteiger charge is -2.12. The molecule has 7 heteroatoms. The molecule has 0 aliphatic rings. The van der Waals surface area contributed by atoms with Crippen LogP contribution in [0.4, 0.5) is 11.4 Å². The van der Waals surface area contributed by atoms with E-state index in [1.807, 2.05) is 13.8 Å². The van der Waals surface area contributed by atoms with Crippen LogP contribution in [0.1, 0.15) is 29.8 Å². The molecule has 132 valence electrons. The molecule has 0 spiro atoms. The number of nitro groups is 1. The number of nitro benzene ring substituents is 1. The van der Waals surface area contributed by atoms with E-state index in [1.54, 1.807) is 31.2 Å². The summed E-state index contributed by atoms with van der Waals surface area (Å²) in [4.78, 5) is 23.1. The molecule has 0 unspecified atom stereocenters. The van der Waals surface area contributed by atoms with Gasteiger partial charge in [0.1, 0.15) is 5.69 Å². The van der Waals surface area contributed by atoms with Crippen molar-refractivity contribution in [3.8, 4) is 11.5 Å². The summed E-state index contributed by atoms with van der Waals surface area (Å²) in [6.07, 6.45) is 0. The summed E-state index contributed by atoms with van der Waals surface area (Å²) in [5.74, 6) is 0.536. The fraction of sp³-hybridized carbons (Fsp3) is 0.278. The van der Waals surface area contributed by atoms with Gasteiger partial charge in [0.05, 0.1) is 18.1 Å². The van der Waals surface area contributed by atoms with E-state index in [-0.39, 0.29) is 11.4 Å². The third-order valence-corrected chi connectivity index (χ3v) is 3.40. The molecule has 2 rings (SSSR count). The van der Waals surface area contributed by atoms with Gasteiger partial charge in [-0.3, -0.25) is 14.9 Å². The number of anilines is 1. The van der Waals surface area contributed by atoms with Crippen molar-refractivity contribution in [1.82, 2.24) is 0 Å². The molecule has 0 saturated carbocycles. The van der Waals surface area contributed by atoms with Crippen molar-refractivity contribution in [2.45, 2.75) is 20.8 Å². The van der Waals surface area contributed by atoms with E-state index < -0.39 is 10.8 Å². The number of hydrogen-bond donors (Lipinski definition) is 1. The summed E-state index contributed by atoms with van der Waals surface area (Å²) >= 11 is 0. The Labute approximate surface area is 145 Å². The molecule has 0 saturated heterocycles. The van der Waals surface area contributed by atoms with Crippen LogP contribution in [0.5, 0.6) is 11.5 Å². The summed E-state index contributed by atoms with van der Waals surface area (Å²) in [5, 5.41) is 13.7. The van der Waals surface area contributed by atoms with Crippen LogP contribution in [0.2, 0.25) is 0 Å². The van der Waals surface area contributed by atoms with Crippen LogP contribution in [-0.2, 0) is 0 Å². The van der Waals surface area contributed by atoms with E-state index in [1.165, 1.54) is 12.1 Å². The predicted octanol–water partition coefficient (Wildman–Crippen LogP) is 3.95. The van der Waals surface area contributed by atoms with Gasteiger partial charge < -0.3 is 14.8 Å². The molecule has 0 bridgehead atoms. The maximum Gasteiger partial charge on any atom is 0.293 e. The number of nitrogens with one attached hydrogen (secondary N) is 1. The minimum Gasteiger partial charge on any atom is -0.490 e. The largest absolute Gasteiger partial charge is 0.490 e. The maximum atomic E-state index is 12.5. The van der Waals surface area contributed by atoms with Crippen molar-refractivity contribution in [3.05, 3.63) is 57.6 Å². The van der Waals surface area contributed by atoms with Gasteiger partial charge in [-0.2, -0.15) is 0 Å². The van der Waals surface area contributed by atoms with Crippen molar-refractivity contribution in [1.29, 1.82) is 0 Å². The SMILES string of the molecule is CCOc1ccc(C(=O)Nc2ccc(C)cc2[N+](=O)[O-])cc1OCC. The quantitative estimate of drug-likeness (QED) is 0.606. The van der Waals surface area contributed by atoms with Crippen LogP contribution in [0.3, 0.4) is 0 Å². The fourth-order valence-electron chi connectivity index (χ4n) is 2.29. The summed E-state index contributed by atoms with van der Waals surface area (Å²) in [6, 6.07) is 9.43. The lowest BCUT2D eigenvalue weighted by molar-refractivity contribution is -0.384. The van der Waals surface area contributed by atoms with Crippen LogP contribution in [-0.4, -0.2) is 24.0 Å². The van der Waals surface area contributed by atoms with Gasteiger partial charge in [0.15, 0.2) is 11.5 Å². The molecule has 0 radical (unpaired) electrons. The van der Waals surface area contributed by atoms with Gasteiger partial charge in [0, 0.05) is 11.6 Å². The first-order valence-corrected chi connectivity index (χ1v) is 7.92. The summed E-state index contributed by atoms with van der Waals surface area (Å²) in [6.45, 7) is 6.33. The minimum absolute atomic E-state index is 0.146. The molecule has 25 heavy (non-hydrogen) atoms. The molecule has 1 N–H and O–H groups in total. The Kier molecular flexibility index (Phi) is 5.94. The number of benzene rings is 2. The summed E-state index contributed by atoms with van der Waals surface area (Å²) in [5.41, 5.74) is 1.06. The van der Waals surface area contributed by atoms with Gasteiger partial charge in [0.25, 0.3) is 11.6 Å². The van der Waals surface area contributed by atoms with Crippen LogP contribution < -0.4 is 14.8 Å². The maximum absolute atomic E-state index is 12.5. The van der Waals surface area contributed by atoms with E-state index in [0.29, 0.717) is 30.3 Å². The zero-order valence-electron chi connectivity index (χ0n) is 14.4. The van der Waals surface area contributed by atoms with Crippen LogP contribution in [0.25, 0.3) is 0 Å². The first-order valence-electron chi connectivity index (χ1n) is 7.92. The number of aryl methyl sites for hydroxylation is 1. The van der Waals surface area contributed by atoms with Crippen molar-refractivity contribution in [2.75, 3.05) is 18.5 Å². The number of rotatable bonds is 7. The molecular formula is C18H20N2O5. The van der Waals surface area contributed by atoms with Crippen LogP contribution >= 0.6 is 0 Å². The average Bonchev–Trinajstić information content (AvgIpc) is 2.58. The van der Waals surface area contributed by atoms with Gasteiger partial charge in [-0.05, 0) is 50.6 Å². The van der Waals surface area contributed by atoms with E-state index in [9.17, 15) is 14.9 Å².